The third-order valence-electron chi connectivity index (χ3n) is 3.37. The molecule has 0 unspecified atom stereocenters. The molecule has 8 heteroatoms. The highest BCUT2D eigenvalue weighted by Gasteiger charge is 2.33. The summed E-state index contributed by atoms with van der Waals surface area (Å²) in [6.07, 6.45) is -1.42. The fourth-order valence-corrected chi connectivity index (χ4v) is 2.29. The van der Waals surface area contributed by atoms with Crippen LogP contribution in [-0.2, 0) is 6.18 Å². The van der Waals surface area contributed by atoms with Crippen LogP contribution in [0.25, 0.3) is 0 Å². The van der Waals surface area contributed by atoms with Gasteiger partial charge in [0, 0.05) is 23.5 Å². The summed E-state index contributed by atoms with van der Waals surface area (Å²) < 4.78 is 39.4. The number of anilines is 2. The van der Waals surface area contributed by atoms with E-state index in [9.17, 15) is 18.0 Å². The van der Waals surface area contributed by atoms with E-state index in [1.165, 1.54) is 30.5 Å². The van der Waals surface area contributed by atoms with Crippen molar-refractivity contribution in [2.75, 3.05) is 11.9 Å². The lowest BCUT2D eigenvalue weighted by Crippen LogP contribution is -2.25. The Morgan fingerprint density at radius 2 is 2.00 bits per heavy atom. The van der Waals surface area contributed by atoms with Gasteiger partial charge in [-0.1, -0.05) is 24.9 Å². The van der Waals surface area contributed by atoms with E-state index in [0.717, 1.165) is 18.9 Å². The van der Waals surface area contributed by atoms with Gasteiger partial charge in [0.1, 0.15) is 5.69 Å². The van der Waals surface area contributed by atoms with Crippen molar-refractivity contribution in [2.45, 2.75) is 25.9 Å². The average Bonchev–Trinajstić information content (AvgIpc) is 2.56. The molecule has 0 aliphatic heterocycles. The Hall–Kier alpha value is -2.28. The number of alkyl halides is 3. The zero-order chi connectivity index (χ0) is 18.4. The van der Waals surface area contributed by atoms with Crippen LogP contribution in [0.4, 0.5) is 24.5 Å². The SMILES string of the molecule is CCCCNC(=O)c1cc(Nc2ccc(Cl)cc2C(F)(F)F)ccn1. The minimum absolute atomic E-state index is 0.0106. The molecule has 2 aromatic rings. The van der Waals surface area contributed by atoms with Gasteiger partial charge in [0.2, 0.25) is 0 Å². The van der Waals surface area contributed by atoms with E-state index in [1.54, 1.807) is 0 Å². The Balaban J connectivity index is 2.22. The molecule has 0 saturated heterocycles. The van der Waals surface area contributed by atoms with E-state index >= 15 is 0 Å². The number of pyridine rings is 1. The van der Waals surface area contributed by atoms with E-state index in [1.807, 2.05) is 6.92 Å². The van der Waals surface area contributed by atoms with Crippen LogP contribution in [0.5, 0.6) is 0 Å². The number of carbonyl (C=O) groups excluding carboxylic acids is 1. The number of rotatable bonds is 6. The Labute approximate surface area is 148 Å². The van der Waals surface area contributed by atoms with E-state index < -0.39 is 11.7 Å². The lowest BCUT2D eigenvalue weighted by atomic mass is 10.1. The number of benzene rings is 1. The molecule has 25 heavy (non-hydrogen) atoms. The Morgan fingerprint density at radius 1 is 1.24 bits per heavy atom. The monoisotopic (exact) mass is 371 g/mol. The minimum Gasteiger partial charge on any atom is -0.355 e. The lowest BCUT2D eigenvalue weighted by molar-refractivity contribution is -0.136. The number of nitrogens with zero attached hydrogens (tertiary/aromatic N) is 1. The number of hydrogen-bond acceptors (Lipinski definition) is 3. The normalized spacial score (nSPS) is 11.2. The fourth-order valence-electron chi connectivity index (χ4n) is 2.12. The van der Waals surface area contributed by atoms with Gasteiger partial charge in [0.05, 0.1) is 11.3 Å². The molecular weight excluding hydrogens is 355 g/mol. The highest BCUT2D eigenvalue weighted by Crippen LogP contribution is 2.37. The number of nitrogens with one attached hydrogen (secondary N) is 2. The van der Waals surface area contributed by atoms with Gasteiger partial charge < -0.3 is 10.6 Å². The van der Waals surface area contributed by atoms with Gasteiger partial charge in [-0.15, -0.1) is 0 Å². The summed E-state index contributed by atoms with van der Waals surface area (Å²) in [6.45, 7) is 2.52. The van der Waals surface area contributed by atoms with E-state index in [0.29, 0.717) is 12.2 Å². The quantitative estimate of drug-likeness (QED) is 0.700. The number of carbonyl (C=O) groups is 1. The van der Waals surface area contributed by atoms with Crippen molar-refractivity contribution in [3.8, 4) is 0 Å². The standard InChI is InChI=1S/C17H17ClF3N3O/c1-2-3-7-23-16(25)15-10-12(6-8-22-15)24-14-5-4-11(18)9-13(14)17(19,20)21/h4-6,8-10H,2-3,7H2,1H3,(H,22,24)(H,23,25). The molecule has 134 valence electrons. The highest BCUT2D eigenvalue weighted by molar-refractivity contribution is 6.30. The molecule has 2 rings (SSSR count). The minimum atomic E-state index is -4.55. The molecule has 1 aromatic carbocycles. The highest BCUT2D eigenvalue weighted by atomic mass is 35.5. The summed E-state index contributed by atoms with van der Waals surface area (Å²) in [5, 5.41) is 5.37. The number of unbranched alkanes of at least 4 members (excludes halogenated alkanes) is 1. The largest absolute Gasteiger partial charge is 0.418 e. The first-order chi connectivity index (χ1) is 11.8. The molecule has 1 amide bonds. The molecule has 0 bridgehead atoms. The van der Waals surface area contributed by atoms with E-state index in [-0.39, 0.29) is 22.3 Å². The lowest BCUT2D eigenvalue weighted by Gasteiger charge is -2.15. The second kappa shape index (κ2) is 8.20. The first kappa shape index (κ1) is 19.1. The number of aromatic nitrogens is 1. The summed E-state index contributed by atoms with van der Waals surface area (Å²) in [6, 6.07) is 6.34. The molecule has 0 spiro atoms. The average molecular weight is 372 g/mol. The molecule has 1 heterocycles. The molecule has 0 aliphatic carbocycles. The predicted molar refractivity (Wildman–Crippen MR) is 91.2 cm³/mol. The molecule has 0 saturated carbocycles. The van der Waals surface area contributed by atoms with Crippen molar-refractivity contribution in [2.24, 2.45) is 0 Å². The van der Waals surface area contributed by atoms with Crippen LogP contribution in [0.1, 0.15) is 35.8 Å². The Morgan fingerprint density at radius 3 is 2.68 bits per heavy atom. The summed E-state index contributed by atoms with van der Waals surface area (Å²) in [4.78, 5) is 15.9. The maximum atomic E-state index is 13.1. The first-order valence-electron chi connectivity index (χ1n) is 7.69. The van der Waals surface area contributed by atoms with Gasteiger partial charge >= 0.3 is 6.18 Å². The van der Waals surface area contributed by atoms with Gasteiger partial charge in [-0.2, -0.15) is 13.2 Å². The molecule has 0 atom stereocenters. The van der Waals surface area contributed by atoms with Crippen LogP contribution in [-0.4, -0.2) is 17.4 Å². The van der Waals surface area contributed by atoms with Crippen molar-refractivity contribution in [3.63, 3.8) is 0 Å². The van der Waals surface area contributed by atoms with Gasteiger partial charge in [0.25, 0.3) is 5.91 Å². The summed E-state index contributed by atoms with van der Waals surface area (Å²) >= 11 is 5.66. The van der Waals surface area contributed by atoms with Crippen LogP contribution >= 0.6 is 11.6 Å². The Bertz CT molecular complexity index is 750. The van der Waals surface area contributed by atoms with Gasteiger partial charge in [-0.05, 0) is 36.8 Å². The second-order valence-electron chi connectivity index (χ2n) is 5.35. The van der Waals surface area contributed by atoms with Crippen molar-refractivity contribution < 1.29 is 18.0 Å². The number of amides is 1. The molecule has 0 fully saturated rings. The second-order valence-corrected chi connectivity index (χ2v) is 5.79. The van der Waals surface area contributed by atoms with Crippen LogP contribution in [0.15, 0.2) is 36.5 Å². The Kier molecular flexibility index (Phi) is 6.25. The third-order valence-corrected chi connectivity index (χ3v) is 3.61. The fraction of sp³-hybridized carbons (Fsp3) is 0.294. The first-order valence-corrected chi connectivity index (χ1v) is 8.07. The number of hydrogen-bond donors (Lipinski definition) is 2. The van der Waals surface area contributed by atoms with Gasteiger partial charge in [-0.25, -0.2) is 0 Å². The molecular formula is C17H17ClF3N3O. The summed E-state index contributed by atoms with van der Waals surface area (Å²) in [5.41, 5.74) is -0.585. The summed E-state index contributed by atoms with van der Waals surface area (Å²) in [7, 11) is 0. The van der Waals surface area contributed by atoms with Crippen LogP contribution in [0.2, 0.25) is 5.02 Å². The third kappa shape index (κ3) is 5.35. The molecule has 0 aliphatic rings. The van der Waals surface area contributed by atoms with Crippen molar-refractivity contribution in [1.29, 1.82) is 0 Å². The molecule has 2 N–H and O–H groups in total. The van der Waals surface area contributed by atoms with Crippen molar-refractivity contribution in [1.82, 2.24) is 10.3 Å². The molecule has 4 nitrogen and oxygen atoms in total. The van der Waals surface area contributed by atoms with Crippen LogP contribution < -0.4 is 10.6 Å². The van der Waals surface area contributed by atoms with Gasteiger partial charge in [0.15, 0.2) is 0 Å². The van der Waals surface area contributed by atoms with Crippen molar-refractivity contribution >= 4 is 28.9 Å². The van der Waals surface area contributed by atoms with E-state index in [2.05, 4.69) is 15.6 Å². The topological polar surface area (TPSA) is 54.0 Å². The zero-order valence-electron chi connectivity index (χ0n) is 13.5. The number of halogens is 4. The smallest absolute Gasteiger partial charge is 0.355 e. The van der Waals surface area contributed by atoms with Crippen molar-refractivity contribution in [3.05, 3.63) is 52.8 Å². The maximum absolute atomic E-state index is 13.1. The summed E-state index contributed by atoms with van der Waals surface area (Å²) in [5.74, 6) is -0.371. The van der Waals surface area contributed by atoms with Gasteiger partial charge in [-0.3, -0.25) is 9.78 Å². The zero-order valence-corrected chi connectivity index (χ0v) is 14.2. The van der Waals surface area contributed by atoms with Crippen LogP contribution in [0, 0.1) is 0 Å². The van der Waals surface area contributed by atoms with E-state index in [4.69, 9.17) is 11.6 Å². The molecule has 1 aromatic heterocycles. The van der Waals surface area contributed by atoms with Crippen LogP contribution in [0.3, 0.4) is 0 Å². The maximum Gasteiger partial charge on any atom is 0.418 e. The predicted octanol–water partition coefficient (Wildman–Crippen LogP) is 5.03. The molecule has 0 radical (unpaired) electrons.